The molecule has 0 aliphatic carbocycles. The fourth-order valence-electron chi connectivity index (χ4n) is 7.36. The first-order chi connectivity index (χ1) is 23.8. The van der Waals surface area contributed by atoms with Crippen LogP contribution in [0.1, 0.15) is 0 Å². The minimum absolute atomic E-state index is 1.20. The molecule has 0 amide bonds. The first-order valence-corrected chi connectivity index (χ1v) is 16.6. The predicted molar refractivity (Wildman–Crippen MR) is 206 cm³/mol. The normalized spacial score (nSPS) is 11.3. The van der Waals surface area contributed by atoms with Gasteiger partial charge >= 0.3 is 0 Å². The van der Waals surface area contributed by atoms with Gasteiger partial charge in [0.2, 0.25) is 0 Å². The molecule has 48 heavy (non-hydrogen) atoms. The summed E-state index contributed by atoms with van der Waals surface area (Å²) in [5.41, 5.74) is 12.3. The molecular weight excluding hydrogens is 577 g/mol. The molecule has 9 aromatic carbocycles. The SMILES string of the molecule is c1ccc(-c2ccc(-c3ccc(-c4ccc5ccccc5c4)c(-c4c5ccccc5c(-c5ccccc5)c5ccccc45)c3)cc2)cc1. The number of fused-ring (bicyclic) bond motifs is 3. The summed E-state index contributed by atoms with van der Waals surface area (Å²) in [5, 5.41) is 7.54. The van der Waals surface area contributed by atoms with Crippen LogP contribution in [0.2, 0.25) is 0 Å². The highest BCUT2D eigenvalue weighted by atomic mass is 14.2. The van der Waals surface area contributed by atoms with Crippen molar-refractivity contribution < 1.29 is 0 Å². The first-order valence-electron chi connectivity index (χ1n) is 16.6. The van der Waals surface area contributed by atoms with Crippen LogP contribution >= 0.6 is 0 Å². The molecular formula is C48H32. The highest BCUT2D eigenvalue weighted by Gasteiger charge is 2.20. The van der Waals surface area contributed by atoms with Crippen LogP contribution in [0.25, 0.3) is 88.0 Å². The Morgan fingerprint density at radius 2 is 0.646 bits per heavy atom. The van der Waals surface area contributed by atoms with Gasteiger partial charge in [0.05, 0.1) is 0 Å². The van der Waals surface area contributed by atoms with Crippen molar-refractivity contribution in [1.82, 2.24) is 0 Å². The molecule has 0 saturated heterocycles. The molecule has 0 heteroatoms. The minimum atomic E-state index is 1.20. The zero-order valence-electron chi connectivity index (χ0n) is 26.5. The number of rotatable bonds is 5. The van der Waals surface area contributed by atoms with Crippen molar-refractivity contribution >= 4 is 32.3 Å². The zero-order valence-corrected chi connectivity index (χ0v) is 26.5. The average molecular weight is 609 g/mol. The molecule has 224 valence electrons. The van der Waals surface area contributed by atoms with E-state index in [0.717, 1.165) is 0 Å². The Kier molecular flexibility index (Phi) is 6.91. The van der Waals surface area contributed by atoms with Gasteiger partial charge in [0.15, 0.2) is 0 Å². The van der Waals surface area contributed by atoms with Gasteiger partial charge in [0, 0.05) is 0 Å². The highest BCUT2D eigenvalue weighted by Crippen LogP contribution is 2.47. The van der Waals surface area contributed by atoms with Gasteiger partial charge in [-0.2, -0.15) is 0 Å². The molecule has 0 fully saturated rings. The molecule has 0 aliphatic heterocycles. The quantitative estimate of drug-likeness (QED) is 0.171. The molecule has 0 heterocycles. The highest BCUT2D eigenvalue weighted by molar-refractivity contribution is 6.22. The minimum Gasteiger partial charge on any atom is -0.0622 e. The van der Waals surface area contributed by atoms with Crippen molar-refractivity contribution in [3.05, 3.63) is 194 Å². The second-order valence-corrected chi connectivity index (χ2v) is 12.5. The fourth-order valence-corrected chi connectivity index (χ4v) is 7.36. The van der Waals surface area contributed by atoms with E-state index in [1.54, 1.807) is 0 Å². The van der Waals surface area contributed by atoms with E-state index in [4.69, 9.17) is 0 Å². The van der Waals surface area contributed by atoms with E-state index in [9.17, 15) is 0 Å². The van der Waals surface area contributed by atoms with Gasteiger partial charge < -0.3 is 0 Å². The third-order valence-corrected chi connectivity index (χ3v) is 9.67. The van der Waals surface area contributed by atoms with E-state index in [-0.39, 0.29) is 0 Å². The first kappa shape index (κ1) is 28.0. The molecule has 0 spiro atoms. The number of hydrogen-bond donors (Lipinski definition) is 0. The Hall–Kier alpha value is -6.24. The van der Waals surface area contributed by atoms with Gasteiger partial charge in [-0.15, -0.1) is 0 Å². The molecule has 0 nitrogen and oxygen atoms in total. The van der Waals surface area contributed by atoms with Gasteiger partial charge in [-0.3, -0.25) is 0 Å². The second-order valence-electron chi connectivity index (χ2n) is 12.5. The van der Waals surface area contributed by atoms with E-state index in [1.165, 1.54) is 88.0 Å². The van der Waals surface area contributed by atoms with Crippen LogP contribution in [0, 0.1) is 0 Å². The molecule has 0 radical (unpaired) electrons. The summed E-state index contributed by atoms with van der Waals surface area (Å²) in [6, 6.07) is 70.8. The molecule has 0 atom stereocenters. The summed E-state index contributed by atoms with van der Waals surface area (Å²) >= 11 is 0. The Bertz CT molecular complexity index is 2520. The van der Waals surface area contributed by atoms with Crippen molar-refractivity contribution in [2.75, 3.05) is 0 Å². The van der Waals surface area contributed by atoms with E-state index in [0.29, 0.717) is 0 Å². The maximum Gasteiger partial charge on any atom is -0.00199 e. The van der Waals surface area contributed by atoms with Crippen molar-refractivity contribution in [3.8, 4) is 55.6 Å². The average Bonchev–Trinajstić information content (AvgIpc) is 3.17. The van der Waals surface area contributed by atoms with Crippen LogP contribution in [-0.2, 0) is 0 Å². The van der Waals surface area contributed by atoms with Crippen molar-refractivity contribution in [2.45, 2.75) is 0 Å². The lowest BCUT2D eigenvalue weighted by molar-refractivity contribution is 1.58. The molecule has 0 aliphatic rings. The molecule has 0 unspecified atom stereocenters. The molecule has 0 N–H and O–H groups in total. The topological polar surface area (TPSA) is 0 Å². The zero-order chi connectivity index (χ0) is 31.9. The smallest absolute Gasteiger partial charge is 0.00199 e. The standard InChI is InChI=1S/C48H32/c1-3-13-33(14-4-1)35-23-25-36(26-24-35)39-29-30-41(40-28-27-34-15-7-8-18-38(34)31-40)46(32-39)48-44-21-11-9-19-42(44)47(37-16-5-2-6-17-37)43-20-10-12-22-45(43)48/h1-32H. The summed E-state index contributed by atoms with van der Waals surface area (Å²) in [5.74, 6) is 0. The maximum atomic E-state index is 2.42. The van der Waals surface area contributed by atoms with Gasteiger partial charge in [-0.1, -0.05) is 182 Å². The number of hydrogen-bond acceptors (Lipinski definition) is 0. The van der Waals surface area contributed by atoms with Gasteiger partial charge in [-0.05, 0) is 100 Å². The monoisotopic (exact) mass is 608 g/mol. The van der Waals surface area contributed by atoms with Gasteiger partial charge in [0.1, 0.15) is 0 Å². The Morgan fingerprint density at radius 3 is 1.27 bits per heavy atom. The van der Waals surface area contributed by atoms with Crippen LogP contribution in [0.4, 0.5) is 0 Å². The van der Waals surface area contributed by atoms with Crippen molar-refractivity contribution in [3.63, 3.8) is 0 Å². The molecule has 0 bridgehead atoms. The van der Waals surface area contributed by atoms with Crippen LogP contribution in [0.3, 0.4) is 0 Å². The van der Waals surface area contributed by atoms with Crippen LogP contribution in [0.15, 0.2) is 194 Å². The van der Waals surface area contributed by atoms with Crippen LogP contribution < -0.4 is 0 Å². The van der Waals surface area contributed by atoms with Gasteiger partial charge in [-0.25, -0.2) is 0 Å². The van der Waals surface area contributed by atoms with E-state index in [1.807, 2.05) is 0 Å². The van der Waals surface area contributed by atoms with Crippen LogP contribution in [-0.4, -0.2) is 0 Å². The molecule has 9 rings (SSSR count). The molecule has 9 aromatic rings. The summed E-state index contributed by atoms with van der Waals surface area (Å²) in [6.45, 7) is 0. The lowest BCUT2D eigenvalue weighted by Crippen LogP contribution is -1.93. The van der Waals surface area contributed by atoms with Crippen molar-refractivity contribution in [2.24, 2.45) is 0 Å². The Balaban J connectivity index is 1.33. The lowest BCUT2D eigenvalue weighted by Gasteiger charge is -2.21. The van der Waals surface area contributed by atoms with Gasteiger partial charge in [0.25, 0.3) is 0 Å². The van der Waals surface area contributed by atoms with E-state index in [2.05, 4.69) is 194 Å². The predicted octanol–water partition coefficient (Wildman–Crippen LogP) is 13.5. The Labute approximate surface area is 281 Å². The second kappa shape index (κ2) is 11.8. The third-order valence-electron chi connectivity index (χ3n) is 9.67. The summed E-state index contributed by atoms with van der Waals surface area (Å²) in [7, 11) is 0. The maximum absolute atomic E-state index is 2.42. The third kappa shape index (κ3) is 4.87. The summed E-state index contributed by atoms with van der Waals surface area (Å²) in [4.78, 5) is 0. The summed E-state index contributed by atoms with van der Waals surface area (Å²) < 4.78 is 0. The fraction of sp³-hybridized carbons (Fsp3) is 0. The van der Waals surface area contributed by atoms with E-state index < -0.39 is 0 Å². The van der Waals surface area contributed by atoms with Crippen LogP contribution in [0.5, 0.6) is 0 Å². The number of benzene rings is 9. The lowest BCUT2D eigenvalue weighted by atomic mass is 9.82. The van der Waals surface area contributed by atoms with E-state index >= 15 is 0 Å². The summed E-state index contributed by atoms with van der Waals surface area (Å²) in [6.07, 6.45) is 0. The Morgan fingerprint density at radius 1 is 0.208 bits per heavy atom. The molecule has 0 aromatic heterocycles. The molecule has 0 saturated carbocycles. The van der Waals surface area contributed by atoms with Crippen molar-refractivity contribution in [1.29, 1.82) is 0 Å². The largest absolute Gasteiger partial charge is 0.0622 e.